The van der Waals surface area contributed by atoms with Crippen LogP contribution < -0.4 is 15.5 Å². The lowest BCUT2D eigenvalue weighted by Crippen LogP contribution is -2.38. The Bertz CT molecular complexity index is 750. The van der Waals surface area contributed by atoms with Gasteiger partial charge in [0.25, 0.3) is 5.91 Å². The van der Waals surface area contributed by atoms with Gasteiger partial charge in [0.15, 0.2) is 0 Å². The highest BCUT2D eigenvalue weighted by Crippen LogP contribution is 2.38. The van der Waals surface area contributed by atoms with Crippen molar-refractivity contribution in [1.29, 1.82) is 0 Å². The Balaban J connectivity index is 1.47. The topological polar surface area (TPSA) is 81.8 Å². The number of anilines is 1. The van der Waals surface area contributed by atoms with E-state index in [1.54, 1.807) is 17.0 Å². The molecule has 3 aliphatic rings. The molecule has 0 unspecified atom stereocenters. The van der Waals surface area contributed by atoms with Gasteiger partial charge in [-0.3, -0.25) is 14.5 Å². The van der Waals surface area contributed by atoms with Gasteiger partial charge in [0.05, 0.1) is 0 Å². The number of carbonyl (C=O) groups is 3. The first-order valence-corrected chi connectivity index (χ1v) is 9.22. The first kappa shape index (κ1) is 16.9. The van der Waals surface area contributed by atoms with E-state index in [1.807, 2.05) is 24.1 Å². The van der Waals surface area contributed by atoms with Gasteiger partial charge in [-0.05, 0) is 42.9 Å². The van der Waals surface area contributed by atoms with Crippen LogP contribution in [-0.2, 0) is 4.79 Å². The molecule has 2 saturated heterocycles. The Hall–Kier alpha value is -2.57. The molecule has 1 aliphatic carbocycles. The van der Waals surface area contributed by atoms with E-state index in [0.717, 1.165) is 25.1 Å². The van der Waals surface area contributed by atoms with Crippen LogP contribution in [0, 0.1) is 11.8 Å². The van der Waals surface area contributed by atoms with Crippen molar-refractivity contribution in [1.82, 2.24) is 15.5 Å². The Labute approximate surface area is 152 Å². The SMILES string of the molecule is CN(C(=O)c1cccc(N2CCNC2=O)c1)[C@H]1C[C@H]2CNC(=O)C[C@H]2C1. The van der Waals surface area contributed by atoms with Crippen LogP contribution >= 0.6 is 0 Å². The Morgan fingerprint density at radius 1 is 1.19 bits per heavy atom. The highest BCUT2D eigenvalue weighted by Gasteiger charge is 2.40. The fraction of sp³-hybridized carbons (Fsp3) is 0.526. The van der Waals surface area contributed by atoms with E-state index in [2.05, 4.69) is 10.6 Å². The number of fused-ring (bicyclic) bond motifs is 1. The number of urea groups is 1. The number of hydrogen-bond donors (Lipinski definition) is 2. The largest absolute Gasteiger partial charge is 0.356 e. The zero-order chi connectivity index (χ0) is 18.3. The van der Waals surface area contributed by atoms with Crippen molar-refractivity contribution in [3.05, 3.63) is 29.8 Å². The Kier molecular flexibility index (Phi) is 4.30. The summed E-state index contributed by atoms with van der Waals surface area (Å²) in [5.74, 6) is 0.933. The lowest BCUT2D eigenvalue weighted by atomic mass is 9.89. The highest BCUT2D eigenvalue weighted by molar-refractivity contribution is 5.98. The second-order valence-electron chi connectivity index (χ2n) is 7.50. The maximum absolute atomic E-state index is 13.0. The Morgan fingerprint density at radius 2 is 2.00 bits per heavy atom. The van der Waals surface area contributed by atoms with Crippen molar-refractivity contribution in [2.24, 2.45) is 11.8 Å². The lowest BCUT2D eigenvalue weighted by Gasteiger charge is -2.25. The highest BCUT2D eigenvalue weighted by atomic mass is 16.2. The van der Waals surface area contributed by atoms with Gasteiger partial charge in [-0.2, -0.15) is 0 Å². The average Bonchev–Trinajstić information content (AvgIpc) is 3.26. The van der Waals surface area contributed by atoms with Gasteiger partial charge in [-0.1, -0.05) is 6.07 Å². The molecule has 0 spiro atoms. The van der Waals surface area contributed by atoms with Crippen molar-refractivity contribution in [2.75, 3.05) is 31.6 Å². The molecule has 0 aromatic heterocycles. The lowest BCUT2D eigenvalue weighted by molar-refractivity contribution is -0.124. The molecular formula is C19H24N4O3. The van der Waals surface area contributed by atoms with Gasteiger partial charge in [0, 0.05) is 50.4 Å². The number of amides is 4. The van der Waals surface area contributed by atoms with Crippen LogP contribution in [0.1, 0.15) is 29.6 Å². The first-order chi connectivity index (χ1) is 12.5. The number of piperidine rings is 1. The summed E-state index contributed by atoms with van der Waals surface area (Å²) in [5, 5.41) is 5.71. The summed E-state index contributed by atoms with van der Waals surface area (Å²) in [7, 11) is 1.84. The second-order valence-corrected chi connectivity index (χ2v) is 7.50. The maximum atomic E-state index is 13.0. The molecule has 7 heteroatoms. The normalized spacial score (nSPS) is 27.7. The van der Waals surface area contributed by atoms with E-state index >= 15 is 0 Å². The van der Waals surface area contributed by atoms with Gasteiger partial charge < -0.3 is 15.5 Å². The van der Waals surface area contributed by atoms with Crippen LogP contribution in [0.3, 0.4) is 0 Å². The molecule has 4 rings (SSSR count). The third kappa shape index (κ3) is 3.02. The molecule has 7 nitrogen and oxygen atoms in total. The molecule has 0 bridgehead atoms. The molecule has 0 radical (unpaired) electrons. The zero-order valence-corrected chi connectivity index (χ0v) is 14.9. The predicted octanol–water partition coefficient (Wildman–Crippen LogP) is 1.20. The molecule has 2 aliphatic heterocycles. The number of rotatable bonds is 3. The third-order valence-corrected chi connectivity index (χ3v) is 5.95. The van der Waals surface area contributed by atoms with Gasteiger partial charge in [0.1, 0.15) is 0 Å². The van der Waals surface area contributed by atoms with Crippen LogP contribution in [-0.4, -0.2) is 55.5 Å². The van der Waals surface area contributed by atoms with E-state index < -0.39 is 0 Å². The number of benzene rings is 1. The molecular weight excluding hydrogens is 332 g/mol. The number of nitrogens with one attached hydrogen (secondary N) is 2. The summed E-state index contributed by atoms with van der Waals surface area (Å²) < 4.78 is 0. The molecule has 138 valence electrons. The fourth-order valence-electron chi connectivity index (χ4n) is 4.45. The van der Waals surface area contributed by atoms with Crippen LogP contribution in [0.15, 0.2) is 24.3 Å². The van der Waals surface area contributed by atoms with Gasteiger partial charge in [-0.25, -0.2) is 4.79 Å². The Morgan fingerprint density at radius 3 is 2.77 bits per heavy atom. The molecule has 1 aromatic rings. The van der Waals surface area contributed by atoms with Crippen molar-refractivity contribution in [3.8, 4) is 0 Å². The standard InChI is InChI=1S/C19H24N4O3/c1-22(16-8-13-10-17(24)21-11-14(13)9-16)18(25)12-3-2-4-15(7-12)23-6-5-20-19(23)26/h2-4,7,13-14,16H,5-6,8-11H2,1H3,(H,20,26)(H,21,24)/t13-,14+,16-/m1/s1. The molecule has 2 N–H and O–H groups in total. The predicted molar refractivity (Wildman–Crippen MR) is 96.9 cm³/mol. The summed E-state index contributed by atoms with van der Waals surface area (Å²) in [5.41, 5.74) is 1.34. The minimum absolute atomic E-state index is 0.0330. The first-order valence-electron chi connectivity index (χ1n) is 9.22. The van der Waals surface area contributed by atoms with Crippen LogP contribution in [0.25, 0.3) is 0 Å². The van der Waals surface area contributed by atoms with E-state index in [0.29, 0.717) is 36.9 Å². The van der Waals surface area contributed by atoms with Crippen molar-refractivity contribution >= 4 is 23.5 Å². The monoisotopic (exact) mass is 356 g/mol. The second kappa shape index (κ2) is 6.63. The van der Waals surface area contributed by atoms with Crippen molar-refractivity contribution < 1.29 is 14.4 Å². The molecule has 1 saturated carbocycles. The third-order valence-electron chi connectivity index (χ3n) is 5.95. The summed E-state index contributed by atoms with van der Waals surface area (Å²) in [4.78, 5) is 39.9. The summed E-state index contributed by atoms with van der Waals surface area (Å²) in [6.45, 7) is 1.95. The smallest absolute Gasteiger partial charge is 0.321 e. The number of nitrogens with zero attached hydrogens (tertiary/aromatic N) is 2. The quantitative estimate of drug-likeness (QED) is 0.854. The minimum atomic E-state index is -0.125. The summed E-state index contributed by atoms with van der Waals surface area (Å²) in [6, 6.07) is 7.28. The number of hydrogen-bond acceptors (Lipinski definition) is 3. The fourth-order valence-corrected chi connectivity index (χ4v) is 4.45. The van der Waals surface area contributed by atoms with Gasteiger partial charge >= 0.3 is 6.03 Å². The van der Waals surface area contributed by atoms with Crippen LogP contribution in [0.5, 0.6) is 0 Å². The summed E-state index contributed by atoms with van der Waals surface area (Å²) in [6.07, 6.45) is 2.39. The van der Waals surface area contributed by atoms with E-state index in [4.69, 9.17) is 0 Å². The maximum Gasteiger partial charge on any atom is 0.321 e. The van der Waals surface area contributed by atoms with Crippen molar-refractivity contribution in [3.63, 3.8) is 0 Å². The van der Waals surface area contributed by atoms with Gasteiger partial charge in [-0.15, -0.1) is 0 Å². The minimum Gasteiger partial charge on any atom is -0.356 e. The molecule has 4 amide bonds. The number of carbonyl (C=O) groups excluding carboxylic acids is 3. The van der Waals surface area contributed by atoms with Crippen LogP contribution in [0.4, 0.5) is 10.5 Å². The van der Waals surface area contributed by atoms with Crippen molar-refractivity contribution in [2.45, 2.75) is 25.3 Å². The van der Waals surface area contributed by atoms with Gasteiger partial charge in [0.2, 0.25) is 5.91 Å². The van der Waals surface area contributed by atoms with Crippen LogP contribution in [0.2, 0.25) is 0 Å². The van der Waals surface area contributed by atoms with E-state index in [1.165, 1.54) is 0 Å². The average molecular weight is 356 g/mol. The molecule has 3 fully saturated rings. The molecule has 1 aromatic carbocycles. The van der Waals surface area contributed by atoms with E-state index in [9.17, 15) is 14.4 Å². The molecule has 2 heterocycles. The molecule has 3 atom stereocenters. The zero-order valence-electron chi connectivity index (χ0n) is 14.9. The van der Waals surface area contributed by atoms with E-state index in [-0.39, 0.29) is 23.9 Å². The molecule has 26 heavy (non-hydrogen) atoms. The summed E-state index contributed by atoms with van der Waals surface area (Å²) >= 11 is 0.